The maximum Gasteiger partial charge on any atom is 1.00 e. The van der Waals surface area contributed by atoms with E-state index in [0.29, 0.717) is 25.9 Å². The van der Waals surface area contributed by atoms with Gasteiger partial charge in [-0.15, -0.1) is 0 Å². The first-order valence-corrected chi connectivity index (χ1v) is 4.78. The van der Waals surface area contributed by atoms with Crippen LogP contribution in [-0.2, 0) is 9.53 Å². The Morgan fingerprint density at radius 1 is 1.62 bits per heavy atom. The van der Waals surface area contributed by atoms with Gasteiger partial charge >= 0.3 is 64.6 Å². The summed E-state index contributed by atoms with van der Waals surface area (Å²) in [5, 5.41) is 0. The molecule has 0 aliphatic heterocycles. The van der Waals surface area contributed by atoms with Gasteiger partial charge < -0.3 is 9.44 Å². The van der Waals surface area contributed by atoms with Gasteiger partial charge in [-0.2, -0.15) is 0 Å². The summed E-state index contributed by atoms with van der Waals surface area (Å²) in [7, 11) is -2.38. The molecule has 0 heterocycles. The molecule has 0 radical (unpaired) electrons. The van der Waals surface area contributed by atoms with E-state index in [9.17, 15) is 13.4 Å². The van der Waals surface area contributed by atoms with Gasteiger partial charge in [0.15, 0.2) is 0 Å². The average Bonchev–Trinajstić information content (AvgIpc) is 2.18. The van der Waals surface area contributed by atoms with Crippen LogP contribution in [0.5, 0.6) is 0 Å². The van der Waals surface area contributed by atoms with E-state index in [0.717, 1.165) is 0 Å². The second-order valence-corrected chi connectivity index (χ2v) is 3.30. The van der Waals surface area contributed by atoms with Gasteiger partial charge in [0.2, 0.25) is 0 Å². The van der Waals surface area contributed by atoms with Gasteiger partial charge in [-0.1, -0.05) is 6.08 Å². The van der Waals surface area contributed by atoms with Crippen LogP contribution >= 0.6 is 0 Å². The number of hydrogen-bond donors (Lipinski definition) is 0. The Morgan fingerprint density at radius 2 is 2.25 bits per heavy atom. The molecule has 0 fully saturated rings. The molecule has 7 heteroatoms. The minimum absolute atomic E-state index is 0. The molecule has 0 N–H and O–H groups in total. The summed E-state index contributed by atoms with van der Waals surface area (Å²) in [5.41, 5.74) is 0.158. The number of hydrogen-bond acceptors (Lipinski definition) is 2. The molecule has 0 spiro atoms. The first kappa shape index (κ1) is 19.1. The van der Waals surface area contributed by atoms with Crippen LogP contribution in [0.4, 0.5) is 8.63 Å². The molecule has 1 aliphatic carbocycles. The van der Waals surface area contributed by atoms with Crippen LogP contribution in [0.2, 0.25) is 0 Å². The molecule has 0 aromatic carbocycles. The maximum absolute atomic E-state index is 12.2. The second kappa shape index (κ2) is 9.70. The zero-order valence-electron chi connectivity index (χ0n) is 9.51. The van der Waals surface area contributed by atoms with Crippen molar-refractivity contribution in [2.24, 2.45) is 5.92 Å². The molecule has 0 bridgehead atoms. The fourth-order valence-electron chi connectivity index (χ4n) is 1.53. The zero-order valence-corrected chi connectivity index (χ0v) is 12.6. The summed E-state index contributed by atoms with van der Waals surface area (Å²) in [6, 6.07) is 0. The Balaban J connectivity index is 0. The topological polar surface area (TPSA) is 26.3 Å². The van der Waals surface area contributed by atoms with Crippen LogP contribution in [0.15, 0.2) is 11.5 Å². The number of rotatable bonds is 3. The van der Waals surface area contributed by atoms with Crippen LogP contribution < -0.4 is 56.1 Å². The number of carbonyl (C=O) groups excluding carboxylic acids is 1. The molecule has 0 amide bonds. The van der Waals surface area contributed by atoms with Gasteiger partial charge in [0.1, 0.15) is 0 Å². The van der Waals surface area contributed by atoms with Crippen molar-refractivity contribution in [2.45, 2.75) is 26.2 Å². The quantitative estimate of drug-likeness (QED) is 0.385. The van der Waals surface area contributed by atoms with Crippen LogP contribution in [0.3, 0.4) is 0 Å². The summed E-state index contributed by atoms with van der Waals surface area (Å²) >= 11 is 0. The summed E-state index contributed by atoms with van der Waals surface area (Å²) in [4.78, 5) is 11.2. The summed E-state index contributed by atoms with van der Waals surface area (Å²) in [5.74, 6) is -0.491. The molecule has 1 rings (SSSR count). The number of carbonyl (C=O) groups is 1. The van der Waals surface area contributed by atoms with Gasteiger partial charge in [0, 0.05) is 0 Å². The molecule has 0 aromatic heterocycles. The van der Waals surface area contributed by atoms with Crippen molar-refractivity contribution in [3.63, 3.8) is 0 Å². The normalized spacial score (nSPS) is 18.7. The van der Waals surface area contributed by atoms with Crippen molar-refractivity contribution in [3.05, 3.63) is 11.5 Å². The summed E-state index contributed by atoms with van der Waals surface area (Å²) in [6.07, 6.45) is 2.64. The van der Waals surface area contributed by atoms with Gasteiger partial charge in [-0.3, -0.25) is 13.4 Å². The Hall–Kier alpha value is 0.701. The Bertz CT molecular complexity index is 249. The minimum Gasteiger partial charge on any atom is -1.00 e. The number of ether oxygens (including phenoxy) is 1. The predicted octanol–water partition coefficient (Wildman–Crippen LogP) is -3.75. The summed E-state index contributed by atoms with van der Waals surface area (Å²) < 4.78 is 29.2. The van der Waals surface area contributed by atoms with Crippen molar-refractivity contribution in [1.29, 1.82) is 0 Å². The van der Waals surface area contributed by atoms with Gasteiger partial charge in [0.25, 0.3) is 0 Å². The average molecular weight is 260 g/mol. The molecule has 0 saturated heterocycles. The second-order valence-electron chi connectivity index (χ2n) is 3.30. The van der Waals surface area contributed by atoms with Crippen molar-refractivity contribution in [2.75, 3.05) is 6.61 Å². The Morgan fingerprint density at radius 3 is 2.62 bits per heavy atom. The Kier molecular flexibility index (Phi) is 11.6. The third-order valence-electron chi connectivity index (χ3n) is 2.35. The molecular formula is C9H13BF3KO2. The third kappa shape index (κ3) is 5.86. The first-order chi connectivity index (χ1) is 6.65. The van der Waals surface area contributed by atoms with Crippen molar-refractivity contribution in [1.82, 2.24) is 0 Å². The number of halogens is 3. The molecular weight excluding hydrogens is 247 g/mol. The summed E-state index contributed by atoms with van der Waals surface area (Å²) in [6.45, 7) is 2.09. The first-order valence-electron chi connectivity index (χ1n) is 4.78. The van der Waals surface area contributed by atoms with E-state index in [4.69, 9.17) is 4.74 Å². The van der Waals surface area contributed by atoms with E-state index in [-0.39, 0.29) is 73.4 Å². The van der Waals surface area contributed by atoms with Gasteiger partial charge in [-0.25, -0.2) is 0 Å². The molecule has 1 atom stereocenters. The largest absolute Gasteiger partial charge is 1.00 e. The van der Waals surface area contributed by atoms with Crippen LogP contribution in [0, 0.1) is 5.92 Å². The fourth-order valence-corrected chi connectivity index (χ4v) is 1.53. The molecule has 0 aromatic rings. The van der Waals surface area contributed by atoms with Crippen molar-refractivity contribution >= 4 is 13.2 Å². The predicted molar refractivity (Wildman–Crippen MR) is 50.0 cm³/mol. The van der Waals surface area contributed by atoms with Gasteiger partial charge in [-0.05, 0) is 31.7 Å². The maximum atomic E-state index is 12.2. The number of allylic oxidation sites excluding steroid dienone is 2. The van der Waals surface area contributed by atoms with Gasteiger partial charge in [0.05, 0.1) is 12.5 Å². The van der Waals surface area contributed by atoms with E-state index in [1.54, 1.807) is 6.92 Å². The van der Waals surface area contributed by atoms with Crippen LogP contribution in [-0.4, -0.2) is 19.8 Å². The van der Waals surface area contributed by atoms with Crippen LogP contribution in [0.1, 0.15) is 26.2 Å². The third-order valence-corrected chi connectivity index (χ3v) is 2.35. The fraction of sp³-hybridized carbons (Fsp3) is 0.667. The standard InChI is InChI=1S/C9H13BF2O2.FH.K/c1-2-14-9(13)7-3-5-8(6-4-7)10(11)12;;/h5,7H,2-4,6H2,1H3;1H;/q;;+1/p-1. The van der Waals surface area contributed by atoms with Crippen LogP contribution in [0.25, 0.3) is 0 Å². The van der Waals surface area contributed by atoms with Crippen molar-refractivity contribution in [3.8, 4) is 0 Å². The number of esters is 1. The smallest absolute Gasteiger partial charge is 1.00 e. The molecule has 16 heavy (non-hydrogen) atoms. The van der Waals surface area contributed by atoms with E-state index >= 15 is 0 Å². The molecule has 86 valence electrons. The Labute approximate surface area is 136 Å². The molecule has 0 saturated carbocycles. The molecule has 2 nitrogen and oxygen atoms in total. The van der Waals surface area contributed by atoms with E-state index < -0.39 is 7.27 Å². The molecule has 1 aliphatic rings. The van der Waals surface area contributed by atoms with E-state index in [1.165, 1.54) is 6.08 Å². The van der Waals surface area contributed by atoms with E-state index in [1.807, 2.05) is 0 Å². The molecule has 1 unspecified atom stereocenters. The monoisotopic (exact) mass is 260 g/mol. The SMILES string of the molecule is CCOC(=O)C1CC=C(B(F)F)CC1.[F-].[K+]. The zero-order chi connectivity index (χ0) is 10.6. The minimum atomic E-state index is -2.38. The van der Waals surface area contributed by atoms with Crippen molar-refractivity contribution < 1.29 is 74.3 Å². The van der Waals surface area contributed by atoms with E-state index in [2.05, 4.69) is 0 Å².